The molecule has 0 spiro atoms. The Morgan fingerprint density at radius 2 is 2.38 bits per heavy atom. The first-order valence-electron chi connectivity index (χ1n) is 1.99. The number of rotatable bonds is 0. The van der Waals surface area contributed by atoms with Crippen molar-refractivity contribution in [2.45, 2.75) is 6.92 Å². The minimum atomic E-state index is -0.269. The van der Waals surface area contributed by atoms with E-state index in [1.54, 1.807) is 10.8 Å². The minimum Gasteiger partial charge on any atom is -0.0752 e. The molecule has 1 aliphatic rings. The average molecular weight is 187 g/mol. The van der Waals surface area contributed by atoms with Crippen LogP contribution in [0.2, 0.25) is 0 Å². The second-order valence-corrected chi connectivity index (χ2v) is 6.33. The smallest absolute Gasteiger partial charge is 0.0752 e. The maximum absolute atomic E-state index is 5.73. The fraction of sp³-hybridized carbons (Fsp3) is 0.250. The van der Waals surface area contributed by atoms with E-state index in [1.807, 2.05) is 12.3 Å². The van der Waals surface area contributed by atoms with Crippen molar-refractivity contribution in [3.8, 4) is 0 Å². The summed E-state index contributed by atoms with van der Waals surface area (Å²) in [6.07, 6.45) is 0. The molecule has 0 saturated carbocycles. The van der Waals surface area contributed by atoms with Gasteiger partial charge in [-0.25, -0.2) is 0 Å². The minimum absolute atomic E-state index is 0.269. The maximum atomic E-state index is 5.73. The lowest BCUT2D eigenvalue weighted by Crippen LogP contribution is -1.79. The van der Waals surface area contributed by atoms with Crippen molar-refractivity contribution in [3.05, 3.63) is 11.0 Å². The second kappa shape index (κ2) is 2.65. The summed E-state index contributed by atoms with van der Waals surface area (Å²) in [5, 5.41) is 1.98. The summed E-state index contributed by atoms with van der Waals surface area (Å²) in [4.78, 5) is 0. The van der Waals surface area contributed by atoms with Crippen molar-refractivity contribution in [2.24, 2.45) is 0 Å². The zero-order valence-electron chi connectivity index (χ0n) is 4.15. The van der Waals surface area contributed by atoms with Crippen LogP contribution in [0.1, 0.15) is 6.92 Å². The number of halogens is 2. The van der Waals surface area contributed by atoms with Crippen molar-refractivity contribution >= 4 is 46.1 Å². The van der Waals surface area contributed by atoms with E-state index in [2.05, 4.69) is 0 Å². The van der Waals surface area contributed by atoms with E-state index < -0.39 is 0 Å². The molecule has 1 aliphatic heterocycles. The van der Waals surface area contributed by atoms with Gasteiger partial charge in [0.2, 0.25) is 0 Å². The Morgan fingerprint density at radius 1 is 1.75 bits per heavy atom. The van der Waals surface area contributed by atoms with Crippen LogP contribution in [0.4, 0.5) is 0 Å². The lowest BCUT2D eigenvalue weighted by Gasteiger charge is -1.87. The standard InChI is InChI=1S/C4H4Cl2S2/c1-3-2-7-8(6)4(3)5/h2H,1H3. The van der Waals surface area contributed by atoms with Crippen molar-refractivity contribution in [1.82, 2.24) is 0 Å². The molecular formula is C4H4Cl2S2. The molecule has 0 fully saturated rings. The van der Waals surface area contributed by atoms with E-state index >= 15 is 0 Å². The highest BCUT2D eigenvalue weighted by Crippen LogP contribution is 2.46. The second-order valence-electron chi connectivity index (χ2n) is 1.39. The van der Waals surface area contributed by atoms with Gasteiger partial charge in [-0.2, -0.15) is 0 Å². The van der Waals surface area contributed by atoms with Gasteiger partial charge in [0.05, 0.1) is 4.32 Å². The van der Waals surface area contributed by atoms with Gasteiger partial charge in [0.25, 0.3) is 0 Å². The maximum Gasteiger partial charge on any atom is 0.0923 e. The highest BCUT2D eigenvalue weighted by molar-refractivity contribution is 8.94. The molecule has 0 aliphatic carbocycles. The van der Waals surface area contributed by atoms with Crippen LogP contribution in [0.25, 0.3) is 0 Å². The molecule has 0 bridgehead atoms. The van der Waals surface area contributed by atoms with Crippen LogP contribution in [0.15, 0.2) is 11.0 Å². The molecule has 1 atom stereocenters. The molecule has 46 valence electrons. The van der Waals surface area contributed by atoms with Crippen LogP contribution in [-0.4, -0.2) is 4.32 Å². The molecule has 0 aromatic carbocycles. The summed E-state index contributed by atoms with van der Waals surface area (Å²) in [6.45, 7) is 1.96. The highest BCUT2D eigenvalue weighted by Gasteiger charge is 2.08. The zero-order chi connectivity index (χ0) is 6.15. The van der Waals surface area contributed by atoms with Gasteiger partial charge in [-0.3, -0.25) is 0 Å². The quantitative estimate of drug-likeness (QED) is 0.318. The van der Waals surface area contributed by atoms with Crippen molar-refractivity contribution < 1.29 is 0 Å². The molecule has 8 heavy (non-hydrogen) atoms. The molecule has 1 unspecified atom stereocenters. The van der Waals surface area contributed by atoms with E-state index in [9.17, 15) is 0 Å². The first kappa shape index (κ1) is 7.00. The molecule has 0 saturated heterocycles. The monoisotopic (exact) mass is 186 g/mol. The molecule has 0 N–H and O–H groups in total. The molecule has 0 aromatic rings. The SMILES string of the molecule is CC1=CSS(Cl)=C1Cl. The fourth-order valence-electron chi connectivity index (χ4n) is 0.330. The first-order chi connectivity index (χ1) is 3.72. The Bertz CT molecular complexity index is 165. The third-order valence-electron chi connectivity index (χ3n) is 0.760. The molecule has 0 amide bonds. The Kier molecular flexibility index (Phi) is 2.32. The van der Waals surface area contributed by atoms with Crippen LogP contribution in [0.5, 0.6) is 0 Å². The summed E-state index contributed by atoms with van der Waals surface area (Å²) in [6, 6.07) is 0. The average Bonchev–Trinajstić information content (AvgIpc) is 1.98. The van der Waals surface area contributed by atoms with Crippen molar-refractivity contribution in [1.29, 1.82) is 0 Å². The Morgan fingerprint density at radius 3 is 2.50 bits per heavy atom. The Hall–Kier alpha value is 0.890. The summed E-state index contributed by atoms with van der Waals surface area (Å²) in [7, 11) is 7.03. The molecule has 0 radical (unpaired) electrons. The van der Waals surface area contributed by atoms with E-state index in [4.69, 9.17) is 22.3 Å². The van der Waals surface area contributed by atoms with Crippen molar-refractivity contribution in [2.75, 3.05) is 0 Å². The third kappa shape index (κ3) is 1.24. The topological polar surface area (TPSA) is 0 Å². The molecular weight excluding hydrogens is 183 g/mol. The summed E-state index contributed by atoms with van der Waals surface area (Å²) in [5.41, 5.74) is 1.11. The van der Waals surface area contributed by atoms with Gasteiger partial charge >= 0.3 is 0 Å². The largest absolute Gasteiger partial charge is 0.0923 e. The Balaban J connectivity index is 2.88. The predicted octanol–water partition coefficient (Wildman–Crippen LogP) is 3.34. The van der Waals surface area contributed by atoms with Crippen LogP contribution in [-0.2, 0) is 0 Å². The Labute approximate surface area is 64.1 Å². The van der Waals surface area contributed by atoms with Gasteiger partial charge in [-0.1, -0.05) is 22.4 Å². The first-order valence-corrected chi connectivity index (χ1v) is 5.81. The van der Waals surface area contributed by atoms with E-state index in [-0.39, 0.29) is 8.73 Å². The number of hydrogen-bond donors (Lipinski definition) is 0. The van der Waals surface area contributed by atoms with E-state index in [0.29, 0.717) is 0 Å². The molecule has 1 rings (SSSR count). The van der Waals surface area contributed by atoms with E-state index in [0.717, 1.165) is 9.90 Å². The summed E-state index contributed by atoms with van der Waals surface area (Å²) in [5.74, 6) is 0. The predicted molar refractivity (Wildman–Crippen MR) is 45.7 cm³/mol. The van der Waals surface area contributed by atoms with Crippen LogP contribution < -0.4 is 0 Å². The van der Waals surface area contributed by atoms with Gasteiger partial charge in [0, 0.05) is 0 Å². The number of allylic oxidation sites excluding steroid dienone is 1. The fourth-order valence-corrected chi connectivity index (χ4v) is 3.62. The van der Waals surface area contributed by atoms with Gasteiger partial charge in [-0.15, -0.1) is 0 Å². The van der Waals surface area contributed by atoms with E-state index in [1.165, 1.54) is 0 Å². The molecule has 0 aromatic heterocycles. The number of hydrogen-bond acceptors (Lipinski definition) is 1. The lowest BCUT2D eigenvalue weighted by molar-refractivity contribution is 1.68. The van der Waals surface area contributed by atoms with Crippen LogP contribution in [0.3, 0.4) is 0 Å². The third-order valence-corrected chi connectivity index (χ3v) is 5.67. The van der Waals surface area contributed by atoms with Gasteiger partial charge in [-0.05, 0) is 37.3 Å². The molecule has 0 nitrogen and oxygen atoms in total. The highest BCUT2D eigenvalue weighted by atomic mass is 35.7. The summed E-state index contributed by atoms with van der Waals surface area (Å²) < 4.78 is 0.802. The van der Waals surface area contributed by atoms with Gasteiger partial charge in [0.15, 0.2) is 0 Å². The van der Waals surface area contributed by atoms with Crippen molar-refractivity contribution in [3.63, 3.8) is 0 Å². The van der Waals surface area contributed by atoms with Gasteiger partial charge < -0.3 is 0 Å². The van der Waals surface area contributed by atoms with Crippen LogP contribution in [0, 0.1) is 0 Å². The van der Waals surface area contributed by atoms with Gasteiger partial charge in [0.1, 0.15) is 0 Å². The normalized spacial score (nSPS) is 28.6. The molecule has 4 heteroatoms. The summed E-state index contributed by atoms with van der Waals surface area (Å²) >= 11 is 5.72. The van der Waals surface area contributed by atoms with Crippen LogP contribution >= 0.6 is 41.8 Å². The lowest BCUT2D eigenvalue weighted by atomic mass is 10.4. The molecule has 1 heterocycles. The zero-order valence-corrected chi connectivity index (χ0v) is 7.29.